The third-order valence-electron chi connectivity index (χ3n) is 5.90. The van der Waals surface area contributed by atoms with Crippen molar-refractivity contribution < 1.29 is 4.79 Å². The van der Waals surface area contributed by atoms with Gasteiger partial charge in [-0.05, 0) is 37.4 Å². The molecule has 1 saturated heterocycles. The molecule has 0 aromatic heterocycles. The average molecular weight is 284 g/mol. The predicted octanol–water partition coefficient (Wildman–Crippen LogP) is 2.84. The number of para-hydroxylation sites is 1. The van der Waals surface area contributed by atoms with Crippen LogP contribution in [0, 0.1) is 5.92 Å². The second kappa shape index (κ2) is 4.84. The van der Waals surface area contributed by atoms with Gasteiger partial charge in [-0.2, -0.15) is 0 Å². The van der Waals surface area contributed by atoms with Gasteiger partial charge >= 0.3 is 0 Å². The van der Waals surface area contributed by atoms with Crippen molar-refractivity contribution in [2.24, 2.45) is 5.92 Å². The Kier molecular flexibility index (Phi) is 3.07. The molecule has 1 saturated carbocycles. The molecule has 0 radical (unpaired) electrons. The van der Waals surface area contributed by atoms with Crippen LogP contribution in [0.4, 0.5) is 5.69 Å². The van der Waals surface area contributed by atoms with Crippen LogP contribution in [0.1, 0.15) is 44.6 Å². The van der Waals surface area contributed by atoms with Gasteiger partial charge in [0.15, 0.2) is 0 Å². The number of amides is 1. The molecule has 3 atom stereocenters. The predicted molar refractivity (Wildman–Crippen MR) is 84.5 cm³/mol. The lowest BCUT2D eigenvalue weighted by atomic mass is 9.69. The van der Waals surface area contributed by atoms with Crippen molar-refractivity contribution in [1.82, 2.24) is 5.32 Å². The van der Waals surface area contributed by atoms with Gasteiger partial charge < -0.3 is 10.2 Å². The maximum Gasteiger partial charge on any atom is 0.231 e. The third kappa shape index (κ3) is 1.87. The number of hydrogen-bond donors (Lipinski definition) is 1. The van der Waals surface area contributed by atoms with Crippen LogP contribution in [-0.2, 0) is 10.2 Å². The molecule has 1 N–H and O–H groups in total. The highest BCUT2D eigenvalue weighted by molar-refractivity contribution is 5.99. The monoisotopic (exact) mass is 284 g/mol. The molecule has 1 aromatic carbocycles. The summed E-state index contributed by atoms with van der Waals surface area (Å²) in [4.78, 5) is 15.3. The van der Waals surface area contributed by atoms with E-state index < -0.39 is 0 Å². The van der Waals surface area contributed by atoms with Gasteiger partial charge in [-0.25, -0.2) is 0 Å². The maximum atomic E-state index is 13.1. The summed E-state index contributed by atoms with van der Waals surface area (Å²) >= 11 is 0. The minimum absolute atomic E-state index is 0.163. The first kappa shape index (κ1) is 13.3. The molecule has 112 valence electrons. The van der Waals surface area contributed by atoms with Gasteiger partial charge in [0.2, 0.25) is 5.91 Å². The quantitative estimate of drug-likeness (QED) is 0.860. The molecule has 3 heteroatoms. The van der Waals surface area contributed by atoms with Crippen molar-refractivity contribution in [3.8, 4) is 0 Å². The minimum Gasteiger partial charge on any atom is -0.316 e. The average Bonchev–Trinajstić information content (AvgIpc) is 3.11. The van der Waals surface area contributed by atoms with E-state index in [0.29, 0.717) is 11.9 Å². The Labute approximate surface area is 126 Å². The summed E-state index contributed by atoms with van der Waals surface area (Å²) in [5.74, 6) is 0.519. The number of rotatable bonds is 1. The van der Waals surface area contributed by atoms with Crippen molar-refractivity contribution in [3.63, 3.8) is 0 Å². The van der Waals surface area contributed by atoms with E-state index in [4.69, 9.17) is 0 Å². The maximum absolute atomic E-state index is 13.1. The van der Waals surface area contributed by atoms with Crippen LogP contribution < -0.4 is 10.2 Å². The van der Waals surface area contributed by atoms with Crippen LogP contribution in [-0.4, -0.2) is 25.0 Å². The first-order valence-electron chi connectivity index (χ1n) is 8.35. The molecule has 2 heterocycles. The zero-order valence-corrected chi connectivity index (χ0v) is 12.8. The topological polar surface area (TPSA) is 32.3 Å². The lowest BCUT2D eigenvalue weighted by Gasteiger charge is -2.40. The van der Waals surface area contributed by atoms with E-state index in [0.717, 1.165) is 25.9 Å². The van der Waals surface area contributed by atoms with Crippen molar-refractivity contribution in [2.45, 2.75) is 50.5 Å². The molecule has 0 spiro atoms. The Hall–Kier alpha value is -1.35. The van der Waals surface area contributed by atoms with Crippen LogP contribution in [0.25, 0.3) is 0 Å². The van der Waals surface area contributed by atoms with Crippen LogP contribution in [0.5, 0.6) is 0 Å². The smallest absolute Gasteiger partial charge is 0.231 e. The van der Waals surface area contributed by atoms with E-state index >= 15 is 0 Å². The van der Waals surface area contributed by atoms with Gasteiger partial charge in [0.1, 0.15) is 0 Å². The van der Waals surface area contributed by atoms with Gasteiger partial charge in [-0.1, -0.05) is 38.0 Å². The van der Waals surface area contributed by atoms with E-state index in [-0.39, 0.29) is 11.3 Å². The Morgan fingerprint density at radius 3 is 2.95 bits per heavy atom. The van der Waals surface area contributed by atoms with Gasteiger partial charge in [0, 0.05) is 23.7 Å². The van der Waals surface area contributed by atoms with E-state index in [1.165, 1.54) is 30.5 Å². The third-order valence-corrected chi connectivity index (χ3v) is 5.90. The lowest BCUT2D eigenvalue weighted by molar-refractivity contribution is -0.122. The number of fused-ring (bicyclic) bond motifs is 3. The van der Waals surface area contributed by atoms with Gasteiger partial charge in [-0.15, -0.1) is 0 Å². The van der Waals surface area contributed by atoms with Crippen molar-refractivity contribution in [2.75, 3.05) is 18.0 Å². The van der Waals surface area contributed by atoms with Crippen LogP contribution >= 0.6 is 0 Å². The summed E-state index contributed by atoms with van der Waals surface area (Å²) in [6.07, 6.45) is 5.88. The normalized spacial score (nSPS) is 34.6. The number of anilines is 1. The second-order valence-electron chi connectivity index (χ2n) is 7.09. The summed E-state index contributed by atoms with van der Waals surface area (Å²) in [7, 11) is 0. The van der Waals surface area contributed by atoms with Gasteiger partial charge in [0.25, 0.3) is 0 Å². The van der Waals surface area contributed by atoms with E-state index in [1.54, 1.807) is 0 Å². The van der Waals surface area contributed by atoms with Crippen molar-refractivity contribution >= 4 is 11.6 Å². The summed E-state index contributed by atoms with van der Waals surface area (Å²) in [5, 5.41) is 3.33. The molecule has 3 aliphatic rings. The van der Waals surface area contributed by atoms with Crippen LogP contribution in [0.2, 0.25) is 0 Å². The number of nitrogens with one attached hydrogen (secondary N) is 1. The standard InChI is InChI=1S/C18H24N2O/c1-18-10-5-4-8-16(18)20(15-7-3-2-6-14(15)18)17(21)13-9-11-19-12-13/h2-3,6-7,13,16,19H,4-5,8-12H2,1H3/t13-,16+,18+/m1/s1. The Balaban J connectivity index is 1.77. The number of hydrogen-bond acceptors (Lipinski definition) is 2. The first-order valence-corrected chi connectivity index (χ1v) is 8.35. The molecular weight excluding hydrogens is 260 g/mol. The fourth-order valence-corrected chi connectivity index (χ4v) is 4.71. The lowest BCUT2D eigenvalue weighted by Crippen LogP contribution is -2.49. The highest BCUT2D eigenvalue weighted by Crippen LogP contribution is 2.52. The van der Waals surface area contributed by atoms with Crippen LogP contribution in [0.15, 0.2) is 24.3 Å². The largest absolute Gasteiger partial charge is 0.316 e. The van der Waals surface area contributed by atoms with Crippen molar-refractivity contribution in [3.05, 3.63) is 29.8 Å². The second-order valence-corrected chi connectivity index (χ2v) is 7.09. The molecule has 1 amide bonds. The Morgan fingerprint density at radius 2 is 2.14 bits per heavy atom. The summed E-state index contributed by atoms with van der Waals surface area (Å²) < 4.78 is 0. The van der Waals surface area contributed by atoms with Crippen molar-refractivity contribution in [1.29, 1.82) is 0 Å². The summed E-state index contributed by atoms with van der Waals surface area (Å²) in [6, 6.07) is 8.97. The zero-order chi connectivity index (χ0) is 14.4. The van der Waals surface area contributed by atoms with E-state index in [2.05, 4.69) is 41.4 Å². The minimum atomic E-state index is 0.163. The van der Waals surface area contributed by atoms with E-state index in [1.807, 2.05) is 0 Å². The fraction of sp³-hybridized carbons (Fsp3) is 0.611. The van der Waals surface area contributed by atoms with Gasteiger partial charge in [0.05, 0.1) is 5.92 Å². The molecule has 1 aromatic rings. The molecule has 0 unspecified atom stereocenters. The van der Waals surface area contributed by atoms with Crippen LogP contribution in [0.3, 0.4) is 0 Å². The number of carbonyl (C=O) groups excluding carboxylic acids is 1. The SMILES string of the molecule is C[C@@]12CCCC[C@@H]1N(C(=O)[C@@H]1CCNC1)c1ccccc12. The zero-order valence-electron chi connectivity index (χ0n) is 12.8. The van der Waals surface area contributed by atoms with Gasteiger partial charge in [-0.3, -0.25) is 4.79 Å². The van der Waals surface area contributed by atoms with E-state index in [9.17, 15) is 4.79 Å². The number of nitrogens with zero attached hydrogens (tertiary/aromatic N) is 1. The number of carbonyl (C=O) groups is 1. The molecule has 4 rings (SSSR count). The molecular formula is C18H24N2O. The fourth-order valence-electron chi connectivity index (χ4n) is 4.71. The summed E-state index contributed by atoms with van der Waals surface area (Å²) in [5.41, 5.74) is 2.74. The first-order chi connectivity index (χ1) is 10.2. The Morgan fingerprint density at radius 1 is 1.29 bits per heavy atom. The molecule has 1 aliphatic carbocycles. The number of benzene rings is 1. The molecule has 21 heavy (non-hydrogen) atoms. The molecule has 3 nitrogen and oxygen atoms in total. The highest BCUT2D eigenvalue weighted by Gasteiger charge is 2.51. The highest BCUT2D eigenvalue weighted by atomic mass is 16.2. The molecule has 2 fully saturated rings. The molecule has 0 bridgehead atoms. The Bertz CT molecular complexity index is 564. The summed E-state index contributed by atoms with van der Waals surface area (Å²) in [6.45, 7) is 4.20. The molecule has 2 aliphatic heterocycles.